The van der Waals surface area contributed by atoms with Crippen molar-refractivity contribution in [3.05, 3.63) is 71.4 Å². The van der Waals surface area contributed by atoms with Crippen molar-refractivity contribution in [1.82, 2.24) is 20.7 Å². The van der Waals surface area contributed by atoms with Crippen LogP contribution in [0.1, 0.15) is 67.8 Å². The number of piperidine rings is 1. The quantitative estimate of drug-likeness (QED) is 0.249. The summed E-state index contributed by atoms with van der Waals surface area (Å²) in [4.78, 5) is 44.3. The summed E-state index contributed by atoms with van der Waals surface area (Å²) in [6.07, 6.45) is 0.0718. The van der Waals surface area contributed by atoms with Crippen LogP contribution in [0.25, 0.3) is 10.9 Å². The fraction of sp³-hybridized carbons (Fsp3) is 0.419. The molecule has 0 spiro atoms. The monoisotopic (exact) mass is 562 g/mol. The summed E-state index contributed by atoms with van der Waals surface area (Å²) in [5.74, 6) is -0.280. The highest BCUT2D eigenvalue weighted by molar-refractivity contribution is 5.95. The summed E-state index contributed by atoms with van der Waals surface area (Å²) in [6.45, 7) is 8.62. The van der Waals surface area contributed by atoms with E-state index in [9.17, 15) is 19.6 Å². The van der Waals surface area contributed by atoms with Gasteiger partial charge in [0.15, 0.2) is 0 Å². The molecule has 3 N–H and O–H groups in total. The number of fused-ring (bicyclic) bond motifs is 1. The van der Waals surface area contributed by atoms with Crippen molar-refractivity contribution >= 4 is 28.8 Å². The maximum absolute atomic E-state index is 13.3. The Morgan fingerprint density at radius 1 is 1.10 bits per heavy atom. The van der Waals surface area contributed by atoms with Gasteiger partial charge in [0.25, 0.3) is 5.91 Å². The number of nitrogens with zero attached hydrogens (tertiary/aromatic N) is 2. The van der Waals surface area contributed by atoms with E-state index in [0.717, 1.165) is 22.2 Å². The Hall–Kier alpha value is -4.18. The van der Waals surface area contributed by atoms with Gasteiger partial charge >= 0.3 is 6.09 Å². The third-order valence-corrected chi connectivity index (χ3v) is 7.12. The molecule has 2 heterocycles. The Morgan fingerprint density at radius 2 is 1.83 bits per heavy atom. The number of hydrogen-bond acceptors (Lipinski definition) is 7. The number of ether oxygens (including phenoxy) is 2. The fourth-order valence-corrected chi connectivity index (χ4v) is 5.20. The van der Waals surface area contributed by atoms with Crippen molar-refractivity contribution in [3.63, 3.8) is 0 Å². The lowest BCUT2D eigenvalue weighted by molar-refractivity contribution is -0.131. The number of nitrogens with one attached hydrogen (secondary N) is 2. The summed E-state index contributed by atoms with van der Waals surface area (Å²) in [6, 6.07) is 16.7. The molecular formula is C31H38N4O6. The number of rotatable bonds is 9. The van der Waals surface area contributed by atoms with E-state index in [1.807, 2.05) is 58.0 Å². The molecule has 0 bridgehead atoms. The van der Waals surface area contributed by atoms with Gasteiger partial charge in [-0.05, 0) is 69.0 Å². The lowest BCUT2D eigenvalue weighted by Gasteiger charge is -2.42. The second kappa shape index (κ2) is 13.0. The van der Waals surface area contributed by atoms with Gasteiger partial charge in [-0.3, -0.25) is 19.8 Å². The molecule has 1 aliphatic heterocycles. The first-order valence-electron chi connectivity index (χ1n) is 13.9. The zero-order chi connectivity index (χ0) is 29.6. The highest BCUT2D eigenvalue weighted by atomic mass is 16.6. The van der Waals surface area contributed by atoms with Crippen LogP contribution in [0.5, 0.6) is 5.75 Å². The van der Waals surface area contributed by atoms with Gasteiger partial charge in [0.05, 0.1) is 24.1 Å². The van der Waals surface area contributed by atoms with E-state index in [2.05, 4.69) is 10.3 Å². The zero-order valence-corrected chi connectivity index (χ0v) is 24.0. The molecule has 1 aromatic heterocycles. The largest absolute Gasteiger partial charge is 0.486 e. The van der Waals surface area contributed by atoms with Crippen LogP contribution >= 0.6 is 0 Å². The summed E-state index contributed by atoms with van der Waals surface area (Å²) in [7, 11) is 0. The zero-order valence-electron chi connectivity index (χ0n) is 24.0. The molecule has 3 amide bonds. The lowest BCUT2D eigenvalue weighted by Crippen LogP contribution is -2.61. The number of hydroxylamine groups is 1. The van der Waals surface area contributed by atoms with Crippen LogP contribution < -0.4 is 15.5 Å². The maximum atomic E-state index is 13.3. The highest BCUT2D eigenvalue weighted by Crippen LogP contribution is 2.29. The van der Waals surface area contributed by atoms with Crippen molar-refractivity contribution in [2.45, 2.75) is 58.6 Å². The van der Waals surface area contributed by atoms with Gasteiger partial charge in [-0.2, -0.15) is 0 Å². The van der Waals surface area contributed by atoms with Gasteiger partial charge in [-0.1, -0.05) is 32.0 Å². The average Bonchev–Trinajstić information content (AvgIpc) is 2.95. The van der Waals surface area contributed by atoms with Crippen LogP contribution in [-0.2, 0) is 9.53 Å². The third-order valence-electron chi connectivity index (χ3n) is 7.12. The summed E-state index contributed by atoms with van der Waals surface area (Å²) >= 11 is 0. The number of aromatic nitrogens is 1. The molecular weight excluding hydrogens is 524 g/mol. The highest BCUT2D eigenvalue weighted by Gasteiger charge is 2.41. The van der Waals surface area contributed by atoms with Gasteiger partial charge in [-0.25, -0.2) is 10.3 Å². The van der Waals surface area contributed by atoms with Crippen LogP contribution in [0.4, 0.5) is 4.79 Å². The van der Waals surface area contributed by atoms with E-state index in [1.54, 1.807) is 29.7 Å². The normalized spacial score (nSPS) is 17.7. The molecule has 2 aromatic carbocycles. The summed E-state index contributed by atoms with van der Waals surface area (Å²) in [5, 5.41) is 13.2. The van der Waals surface area contributed by atoms with Crippen LogP contribution in [-0.4, -0.2) is 58.2 Å². The molecule has 4 rings (SSSR count). The predicted octanol–water partition coefficient (Wildman–Crippen LogP) is 4.94. The van der Waals surface area contributed by atoms with Crippen molar-refractivity contribution in [2.24, 2.45) is 5.92 Å². The number of para-hydroxylation sites is 1. The Morgan fingerprint density at radius 3 is 2.54 bits per heavy atom. The number of hydrogen-bond donors (Lipinski definition) is 3. The van der Waals surface area contributed by atoms with Crippen molar-refractivity contribution in [2.75, 3.05) is 19.7 Å². The molecule has 2 unspecified atom stereocenters. The minimum absolute atomic E-state index is 0.0844. The maximum Gasteiger partial charge on any atom is 0.409 e. The number of amides is 3. The second-order valence-electron chi connectivity index (χ2n) is 11.1. The van der Waals surface area contributed by atoms with E-state index in [0.29, 0.717) is 30.7 Å². The van der Waals surface area contributed by atoms with Crippen LogP contribution in [0.15, 0.2) is 54.6 Å². The average molecular weight is 563 g/mol. The summed E-state index contributed by atoms with van der Waals surface area (Å²) < 4.78 is 11.6. The number of pyridine rings is 1. The molecule has 3 aromatic rings. The van der Waals surface area contributed by atoms with E-state index in [-0.39, 0.29) is 31.6 Å². The first-order chi connectivity index (χ1) is 19.6. The summed E-state index contributed by atoms with van der Waals surface area (Å²) in [5.41, 5.74) is 3.78. The number of carbonyl (C=O) groups is 3. The van der Waals surface area contributed by atoms with E-state index >= 15 is 0 Å². The molecule has 0 aliphatic carbocycles. The standard InChI is InChI=1S/C31H38N4O6/c1-20(2)18-40-30(38)35-15-7-14-31(19-35,17-28(36)34-39)33-29(37)23-10-12-24(13-11-23)41-22(4)26-16-21(3)32-27-9-6-5-8-25(26)27/h5-6,8-13,16,20,22,39H,7,14-15,17-19H2,1-4H3,(H,33,37)(H,34,36). The molecule has 0 saturated carbocycles. The SMILES string of the molecule is Cc1cc(C(C)Oc2ccc(C(=O)NC3(CC(=O)NO)CCCN(C(=O)OCC(C)C)C3)cc2)c2ccccc2n1. The Bertz CT molecular complexity index is 1390. The van der Waals surface area contributed by atoms with Gasteiger partial charge in [0.1, 0.15) is 11.9 Å². The molecule has 10 nitrogen and oxygen atoms in total. The molecule has 1 fully saturated rings. The Kier molecular flexibility index (Phi) is 9.44. The number of aryl methyl sites for hydroxylation is 1. The topological polar surface area (TPSA) is 130 Å². The number of benzene rings is 2. The van der Waals surface area contributed by atoms with Gasteiger partial charge in [0, 0.05) is 35.3 Å². The lowest BCUT2D eigenvalue weighted by atomic mass is 9.85. The van der Waals surface area contributed by atoms with Gasteiger partial charge in [0.2, 0.25) is 5.91 Å². The first kappa shape index (κ1) is 29.8. The number of likely N-dealkylation sites (tertiary alicyclic amines) is 1. The Balaban J connectivity index is 1.47. The molecule has 41 heavy (non-hydrogen) atoms. The van der Waals surface area contributed by atoms with E-state index in [1.165, 1.54) is 4.90 Å². The van der Waals surface area contributed by atoms with Crippen molar-refractivity contribution < 1.29 is 29.1 Å². The van der Waals surface area contributed by atoms with Crippen LogP contribution in [0.2, 0.25) is 0 Å². The van der Waals surface area contributed by atoms with Crippen molar-refractivity contribution in [1.29, 1.82) is 0 Å². The van der Waals surface area contributed by atoms with Gasteiger partial charge in [-0.15, -0.1) is 0 Å². The molecule has 1 saturated heterocycles. The molecule has 10 heteroatoms. The minimum Gasteiger partial charge on any atom is -0.486 e. The first-order valence-corrected chi connectivity index (χ1v) is 13.9. The van der Waals surface area contributed by atoms with Crippen molar-refractivity contribution in [3.8, 4) is 5.75 Å². The van der Waals surface area contributed by atoms with Crippen LogP contribution in [0.3, 0.4) is 0 Å². The van der Waals surface area contributed by atoms with E-state index < -0.39 is 23.4 Å². The second-order valence-corrected chi connectivity index (χ2v) is 11.1. The Labute approximate surface area is 240 Å². The van der Waals surface area contributed by atoms with Crippen LogP contribution in [0, 0.1) is 12.8 Å². The predicted molar refractivity (Wildman–Crippen MR) is 154 cm³/mol. The third kappa shape index (κ3) is 7.52. The smallest absolute Gasteiger partial charge is 0.409 e. The molecule has 1 aliphatic rings. The van der Waals surface area contributed by atoms with Gasteiger partial charge < -0.3 is 19.7 Å². The fourth-order valence-electron chi connectivity index (χ4n) is 5.20. The molecule has 0 radical (unpaired) electrons. The minimum atomic E-state index is -1.07. The number of carbonyl (C=O) groups excluding carboxylic acids is 3. The van der Waals surface area contributed by atoms with E-state index in [4.69, 9.17) is 9.47 Å². The molecule has 2 atom stereocenters. The molecule has 218 valence electrons.